The van der Waals surface area contributed by atoms with Gasteiger partial charge in [-0.05, 0) is 31.1 Å². The molecule has 202 valence electrons. The van der Waals surface area contributed by atoms with Crippen molar-refractivity contribution >= 4 is 34.7 Å². The number of ether oxygens (including phenoxy) is 4. The number of nitrogens with zero attached hydrogens (tertiary/aromatic N) is 5. The summed E-state index contributed by atoms with van der Waals surface area (Å²) in [6, 6.07) is 9.67. The van der Waals surface area contributed by atoms with E-state index in [2.05, 4.69) is 30.7 Å². The highest BCUT2D eigenvalue weighted by molar-refractivity contribution is 6.02. The summed E-state index contributed by atoms with van der Waals surface area (Å²) >= 11 is 0. The van der Waals surface area contributed by atoms with Gasteiger partial charge in [0.2, 0.25) is 5.76 Å². The Balaban J connectivity index is 1.22. The molecule has 2 amide bonds. The topological polar surface area (TPSA) is 185 Å². The van der Waals surface area contributed by atoms with Gasteiger partial charge in [0, 0.05) is 5.69 Å². The monoisotopic (exact) mass is 537 g/mol. The van der Waals surface area contributed by atoms with Crippen LogP contribution < -0.4 is 15.4 Å². The zero-order valence-electron chi connectivity index (χ0n) is 20.7. The van der Waals surface area contributed by atoms with E-state index in [1.165, 1.54) is 18.7 Å². The minimum atomic E-state index is -1.26. The van der Waals surface area contributed by atoms with Crippen LogP contribution in [0.5, 0.6) is 5.88 Å². The number of anilines is 2. The summed E-state index contributed by atoms with van der Waals surface area (Å²) in [4.78, 5) is 36.5. The third-order valence-corrected chi connectivity index (χ3v) is 6.12. The van der Waals surface area contributed by atoms with Gasteiger partial charge in [-0.1, -0.05) is 18.2 Å². The highest BCUT2D eigenvalue weighted by Gasteiger charge is 2.56. The molecule has 0 saturated carbocycles. The van der Waals surface area contributed by atoms with E-state index < -0.39 is 42.3 Å². The smallest absolute Gasteiger partial charge is 0.374 e. The maximum atomic E-state index is 12.5. The molecule has 1 aromatic carbocycles. The van der Waals surface area contributed by atoms with Gasteiger partial charge in [0.05, 0.1) is 12.4 Å². The van der Waals surface area contributed by atoms with E-state index in [0.717, 1.165) is 0 Å². The Labute approximate surface area is 220 Å². The van der Waals surface area contributed by atoms with Crippen LogP contribution in [-0.2, 0) is 14.2 Å². The summed E-state index contributed by atoms with van der Waals surface area (Å²) in [5, 5.41) is 18.1. The normalized spacial score (nSPS) is 23.4. The average Bonchev–Trinajstić information content (AvgIpc) is 3.66. The van der Waals surface area contributed by atoms with Crippen LogP contribution >= 0.6 is 0 Å². The molecule has 0 radical (unpaired) electrons. The number of nitrogens with one attached hydrogen (secondary N) is 2. The lowest BCUT2D eigenvalue weighted by molar-refractivity contribution is -0.199. The predicted octanol–water partition coefficient (Wildman–Crippen LogP) is 2.65. The number of carboxylic acid groups (broad SMARTS) is 1. The number of benzene rings is 1. The summed E-state index contributed by atoms with van der Waals surface area (Å²) in [6.07, 6.45) is 0.445. The second-order valence-electron chi connectivity index (χ2n) is 9.27. The number of imidazole rings is 1. The Bertz CT molecular complexity index is 1520. The van der Waals surface area contributed by atoms with Gasteiger partial charge >= 0.3 is 12.0 Å². The fraction of sp³-hybridized carbons (Fsp3) is 0.333. The zero-order valence-corrected chi connectivity index (χ0v) is 20.7. The molecule has 2 aliphatic heterocycles. The number of hydrogen-bond donors (Lipinski definition) is 3. The highest BCUT2D eigenvalue weighted by atomic mass is 16.8. The van der Waals surface area contributed by atoms with Crippen molar-refractivity contribution in [1.82, 2.24) is 24.7 Å². The largest absolute Gasteiger partial charge is 0.475 e. The third-order valence-electron chi connectivity index (χ3n) is 6.12. The first-order chi connectivity index (χ1) is 18.8. The van der Waals surface area contributed by atoms with Crippen molar-refractivity contribution < 1.29 is 38.2 Å². The van der Waals surface area contributed by atoms with E-state index in [0.29, 0.717) is 16.9 Å². The fourth-order valence-corrected chi connectivity index (χ4v) is 4.53. The van der Waals surface area contributed by atoms with Crippen molar-refractivity contribution in [3.8, 4) is 5.88 Å². The van der Waals surface area contributed by atoms with Gasteiger partial charge in [0.15, 0.2) is 29.0 Å². The zero-order chi connectivity index (χ0) is 27.1. The Hall–Kier alpha value is -4.60. The van der Waals surface area contributed by atoms with Crippen molar-refractivity contribution in [2.75, 3.05) is 17.2 Å². The van der Waals surface area contributed by atoms with E-state index in [4.69, 9.17) is 28.6 Å². The van der Waals surface area contributed by atoms with E-state index in [-0.39, 0.29) is 24.1 Å². The molecule has 0 bridgehead atoms. The number of hydrogen-bond acceptors (Lipinski definition) is 11. The molecule has 4 aromatic rings. The van der Waals surface area contributed by atoms with Crippen LogP contribution in [-0.4, -0.2) is 72.5 Å². The number of urea groups is 1. The van der Waals surface area contributed by atoms with Gasteiger partial charge in [-0.15, -0.1) is 0 Å². The van der Waals surface area contributed by atoms with Gasteiger partial charge in [-0.2, -0.15) is 0 Å². The molecule has 4 unspecified atom stereocenters. The standard InChI is InChI=1S/C24H23N7O8/c1-24(2)37-17-14(9-35-15-8-13(22(32)33)39-30-15)36-21(18(17)38-24)31-11-27-16-19(25-10-26-20(16)31)29-23(34)28-12-6-4-3-5-7-12/h3-8,10-11,14,17-18,21H,9H2,1-2H3,(H,32,33)(H2,25,26,28,29,34). The Morgan fingerprint density at radius 3 is 2.67 bits per heavy atom. The minimum absolute atomic E-state index is 0.000470. The third kappa shape index (κ3) is 4.85. The molecule has 2 fully saturated rings. The SMILES string of the molecule is CC1(C)OC2C(COc3cc(C(=O)O)on3)OC(n3cnc4c(NC(=O)Nc5ccccc5)ncnc43)C2O1. The first-order valence-electron chi connectivity index (χ1n) is 11.9. The number of fused-ring (bicyclic) bond motifs is 2. The second kappa shape index (κ2) is 9.61. The van der Waals surface area contributed by atoms with Gasteiger partial charge in [-0.25, -0.2) is 24.5 Å². The lowest BCUT2D eigenvalue weighted by Gasteiger charge is -2.24. The van der Waals surface area contributed by atoms with Gasteiger partial charge in [0.1, 0.15) is 31.2 Å². The Morgan fingerprint density at radius 1 is 1.10 bits per heavy atom. The molecule has 3 N–H and O–H groups in total. The summed E-state index contributed by atoms with van der Waals surface area (Å²) in [6.45, 7) is 3.56. The van der Waals surface area contributed by atoms with E-state index >= 15 is 0 Å². The first-order valence-corrected chi connectivity index (χ1v) is 11.9. The second-order valence-corrected chi connectivity index (χ2v) is 9.27. The molecule has 6 rings (SSSR count). The molecule has 4 atom stereocenters. The molecule has 5 heterocycles. The molecule has 15 heteroatoms. The van der Waals surface area contributed by atoms with E-state index in [1.54, 1.807) is 30.5 Å². The van der Waals surface area contributed by atoms with Crippen molar-refractivity contribution in [2.45, 2.75) is 44.2 Å². The molecular weight excluding hydrogens is 514 g/mol. The quantitative estimate of drug-likeness (QED) is 0.313. The molecule has 2 saturated heterocycles. The summed E-state index contributed by atoms with van der Waals surface area (Å²) in [5.41, 5.74) is 1.37. The number of amides is 2. The van der Waals surface area contributed by atoms with Crippen LogP contribution in [0.25, 0.3) is 11.2 Å². The van der Waals surface area contributed by atoms with Crippen molar-refractivity contribution in [1.29, 1.82) is 0 Å². The molecule has 39 heavy (non-hydrogen) atoms. The number of carbonyl (C=O) groups excluding carboxylic acids is 1. The van der Waals surface area contributed by atoms with Crippen molar-refractivity contribution in [3.05, 3.63) is 54.8 Å². The van der Waals surface area contributed by atoms with Crippen LogP contribution in [0.3, 0.4) is 0 Å². The average molecular weight is 537 g/mol. The van der Waals surface area contributed by atoms with E-state index in [9.17, 15) is 9.59 Å². The number of carbonyl (C=O) groups is 2. The lowest BCUT2D eigenvalue weighted by atomic mass is 10.1. The van der Waals surface area contributed by atoms with Crippen molar-refractivity contribution in [2.24, 2.45) is 0 Å². The highest BCUT2D eigenvalue weighted by Crippen LogP contribution is 2.44. The van der Waals surface area contributed by atoms with Crippen molar-refractivity contribution in [3.63, 3.8) is 0 Å². The van der Waals surface area contributed by atoms with Gasteiger partial charge in [-0.3, -0.25) is 9.88 Å². The molecule has 15 nitrogen and oxygen atoms in total. The number of aromatic carboxylic acids is 1. The summed E-state index contributed by atoms with van der Waals surface area (Å²) in [7, 11) is 0. The number of para-hydroxylation sites is 1. The molecule has 2 aliphatic rings. The van der Waals surface area contributed by atoms with Gasteiger partial charge in [0.25, 0.3) is 5.88 Å². The van der Waals surface area contributed by atoms with Crippen LogP contribution in [0.1, 0.15) is 30.6 Å². The Morgan fingerprint density at radius 2 is 1.90 bits per heavy atom. The lowest BCUT2D eigenvalue weighted by Crippen LogP contribution is -2.34. The number of aromatic nitrogens is 5. The summed E-state index contributed by atoms with van der Waals surface area (Å²) < 4.78 is 30.5. The van der Waals surface area contributed by atoms with E-state index in [1.807, 2.05) is 18.2 Å². The fourth-order valence-electron chi connectivity index (χ4n) is 4.53. The van der Waals surface area contributed by atoms with Crippen LogP contribution in [0.15, 0.2) is 53.6 Å². The summed E-state index contributed by atoms with van der Waals surface area (Å²) in [5.74, 6) is -2.29. The minimum Gasteiger partial charge on any atom is -0.475 e. The predicted molar refractivity (Wildman–Crippen MR) is 131 cm³/mol. The molecule has 3 aromatic heterocycles. The maximum absolute atomic E-state index is 12.5. The Kier molecular flexibility index (Phi) is 6.09. The van der Waals surface area contributed by atoms with Crippen LogP contribution in [0.2, 0.25) is 0 Å². The molecule has 0 spiro atoms. The first kappa shape index (κ1) is 24.7. The van der Waals surface area contributed by atoms with Crippen LogP contribution in [0, 0.1) is 0 Å². The maximum Gasteiger partial charge on any atom is 0.374 e. The molecular formula is C24H23N7O8. The number of rotatable bonds is 7. The van der Waals surface area contributed by atoms with Crippen LogP contribution in [0.4, 0.5) is 16.3 Å². The number of carboxylic acids is 1. The van der Waals surface area contributed by atoms with Gasteiger partial charge < -0.3 is 33.9 Å². The molecule has 0 aliphatic carbocycles.